The molecule has 0 aromatic carbocycles. The first kappa shape index (κ1) is 26.9. The lowest BCUT2D eigenvalue weighted by Gasteiger charge is -2.58. The van der Waals surface area contributed by atoms with Crippen LogP contribution in [-0.4, -0.2) is 28.9 Å². The maximum absolute atomic E-state index is 12.6. The van der Waals surface area contributed by atoms with E-state index in [1.54, 1.807) is 0 Å². The third-order valence-electron chi connectivity index (χ3n) is 11.8. The number of imide groups is 3. The molecule has 0 spiro atoms. The van der Waals surface area contributed by atoms with Crippen LogP contribution in [-0.2, 0) is 14.3 Å². The summed E-state index contributed by atoms with van der Waals surface area (Å²) in [5.74, 6) is 3.99. The number of amides is 3. The Morgan fingerprint density at radius 1 is 1.00 bits per heavy atom. The van der Waals surface area contributed by atoms with Gasteiger partial charge in [-0.05, 0) is 91.3 Å². The van der Waals surface area contributed by atoms with E-state index >= 15 is 0 Å². The molecule has 4 aliphatic carbocycles. The van der Waals surface area contributed by atoms with Crippen LogP contribution >= 0.6 is 0 Å². The number of allylic oxidation sites excluding steroid dienone is 1. The lowest BCUT2D eigenvalue weighted by atomic mass is 9.47. The maximum atomic E-state index is 12.6. The summed E-state index contributed by atoms with van der Waals surface area (Å²) < 4.78 is 5.72. The van der Waals surface area contributed by atoms with E-state index in [0.29, 0.717) is 5.41 Å². The van der Waals surface area contributed by atoms with Crippen molar-refractivity contribution < 1.29 is 19.1 Å². The smallest absolute Gasteiger partial charge is 0.423 e. The molecule has 0 bridgehead atoms. The fourth-order valence-corrected chi connectivity index (χ4v) is 9.73. The molecule has 1 aliphatic heterocycles. The fraction of sp³-hybridized carbons (Fsp3) is 0.844. The molecule has 206 valence electrons. The van der Waals surface area contributed by atoms with Crippen LogP contribution in [0.25, 0.3) is 0 Å². The summed E-state index contributed by atoms with van der Waals surface area (Å²) in [5.41, 5.74) is 2.13. The largest absolute Gasteiger partial charge is 0.445 e. The van der Waals surface area contributed by atoms with Crippen molar-refractivity contribution in [3.63, 3.8) is 0 Å². The van der Waals surface area contributed by atoms with Gasteiger partial charge in [-0.25, -0.2) is 4.79 Å². The van der Waals surface area contributed by atoms with Crippen molar-refractivity contribution in [3.05, 3.63) is 11.6 Å². The Hall–Kier alpha value is -1.65. The molecule has 4 fully saturated rings. The minimum absolute atomic E-state index is 0.114. The van der Waals surface area contributed by atoms with Gasteiger partial charge in [-0.3, -0.25) is 9.59 Å². The van der Waals surface area contributed by atoms with E-state index in [4.69, 9.17) is 4.74 Å². The fourth-order valence-electron chi connectivity index (χ4n) is 9.73. The molecule has 1 heterocycles. The first-order valence-electron chi connectivity index (χ1n) is 15.3. The van der Waals surface area contributed by atoms with Gasteiger partial charge in [0.1, 0.15) is 6.10 Å². The van der Waals surface area contributed by atoms with Crippen LogP contribution < -0.4 is 0 Å². The van der Waals surface area contributed by atoms with Crippen molar-refractivity contribution in [2.24, 2.45) is 46.3 Å². The van der Waals surface area contributed by atoms with Crippen LogP contribution in [0, 0.1) is 46.3 Å². The monoisotopic (exact) mass is 511 g/mol. The zero-order valence-electron chi connectivity index (χ0n) is 23.9. The van der Waals surface area contributed by atoms with Crippen LogP contribution in [0.15, 0.2) is 11.6 Å². The van der Waals surface area contributed by atoms with Crippen LogP contribution in [0.1, 0.15) is 118 Å². The van der Waals surface area contributed by atoms with Gasteiger partial charge >= 0.3 is 6.09 Å². The minimum Gasteiger partial charge on any atom is -0.445 e. The highest BCUT2D eigenvalue weighted by Crippen LogP contribution is 2.67. The lowest BCUT2D eigenvalue weighted by molar-refractivity contribution is -0.136. The summed E-state index contributed by atoms with van der Waals surface area (Å²) in [6.45, 7) is 12.3. The first-order valence-corrected chi connectivity index (χ1v) is 15.3. The van der Waals surface area contributed by atoms with Gasteiger partial charge in [-0.2, -0.15) is 4.90 Å². The maximum Gasteiger partial charge on any atom is 0.423 e. The van der Waals surface area contributed by atoms with Gasteiger partial charge in [0.05, 0.1) is 0 Å². The normalized spacial score (nSPS) is 40.2. The molecule has 0 unspecified atom stereocenters. The number of hydrogen-bond acceptors (Lipinski definition) is 4. The number of hydrogen-bond donors (Lipinski definition) is 0. The Morgan fingerprint density at radius 2 is 1.73 bits per heavy atom. The molecule has 5 heteroatoms. The quantitative estimate of drug-likeness (QED) is 0.271. The van der Waals surface area contributed by atoms with Crippen molar-refractivity contribution in [2.45, 2.75) is 124 Å². The number of likely N-dealkylation sites (tertiary alicyclic amines) is 1. The lowest BCUT2D eigenvalue weighted by Crippen LogP contribution is -2.51. The van der Waals surface area contributed by atoms with Crippen molar-refractivity contribution in [1.29, 1.82) is 0 Å². The highest BCUT2D eigenvalue weighted by molar-refractivity contribution is 6.13. The average molecular weight is 512 g/mol. The van der Waals surface area contributed by atoms with Crippen molar-refractivity contribution >= 4 is 17.9 Å². The zero-order valence-corrected chi connectivity index (χ0v) is 23.9. The molecule has 0 radical (unpaired) electrons. The Labute approximate surface area is 224 Å². The molecule has 3 saturated carbocycles. The van der Waals surface area contributed by atoms with E-state index in [0.717, 1.165) is 66.1 Å². The van der Waals surface area contributed by atoms with Crippen molar-refractivity contribution in [1.82, 2.24) is 4.90 Å². The molecule has 0 aromatic heterocycles. The summed E-state index contributed by atoms with van der Waals surface area (Å²) in [6, 6.07) is 0. The van der Waals surface area contributed by atoms with Gasteiger partial charge in [0.15, 0.2) is 0 Å². The van der Waals surface area contributed by atoms with Crippen LogP contribution in [0.3, 0.4) is 0 Å². The van der Waals surface area contributed by atoms with E-state index < -0.39 is 17.9 Å². The zero-order chi connectivity index (χ0) is 26.5. The van der Waals surface area contributed by atoms with Crippen LogP contribution in [0.4, 0.5) is 4.79 Å². The molecule has 3 amide bonds. The number of fused-ring (bicyclic) bond motifs is 5. The molecule has 5 rings (SSSR count). The molecule has 0 aromatic rings. The predicted octanol–water partition coefficient (Wildman–Crippen LogP) is 7.68. The SMILES string of the molecule is CC(C)CCC[C@@H](C)[C@H]1CC[C@H]2[C@@H]3CC=C4C[C@@H](OC(=O)N5C(=O)CCC5=O)CC[C@]4(C)[C@H]3CC[C@]12C. The number of rotatable bonds is 6. The van der Waals surface area contributed by atoms with Gasteiger partial charge in [0, 0.05) is 19.3 Å². The molecular formula is C32H49NO4. The Bertz CT molecular complexity index is 938. The average Bonchev–Trinajstić information content (AvgIpc) is 3.37. The van der Waals surface area contributed by atoms with Gasteiger partial charge in [0.25, 0.3) is 0 Å². The number of carbonyl (C=O) groups is 3. The Balaban J connectivity index is 1.25. The highest BCUT2D eigenvalue weighted by Gasteiger charge is 2.59. The summed E-state index contributed by atoms with van der Waals surface area (Å²) in [6.07, 6.45) is 15.1. The number of ether oxygens (including phenoxy) is 1. The standard InChI is InChI=1S/C32H49NO4/c1-20(2)7-6-8-21(3)25-11-12-26-24-10-9-22-19-23(37-30(36)33-28(34)13-14-29(33)35)15-17-31(22,4)27(24)16-18-32(25,26)5/h9,20-21,23-27H,6-8,10-19H2,1-5H3/t21-,23+,24+,25-,26+,27+,31+,32-/m1/s1. The number of carbonyl (C=O) groups excluding carboxylic acids is 3. The van der Waals surface area contributed by atoms with E-state index in [1.165, 1.54) is 50.5 Å². The van der Waals surface area contributed by atoms with Crippen molar-refractivity contribution in [2.75, 3.05) is 0 Å². The van der Waals surface area contributed by atoms with Crippen LogP contribution in [0.5, 0.6) is 0 Å². The highest BCUT2D eigenvalue weighted by atomic mass is 16.6. The van der Waals surface area contributed by atoms with Crippen molar-refractivity contribution in [3.8, 4) is 0 Å². The van der Waals surface area contributed by atoms with Gasteiger partial charge in [0.2, 0.25) is 11.8 Å². The van der Waals surface area contributed by atoms with E-state index in [9.17, 15) is 14.4 Å². The second kappa shape index (κ2) is 10.2. The summed E-state index contributed by atoms with van der Waals surface area (Å²) >= 11 is 0. The van der Waals surface area contributed by atoms with Gasteiger partial charge < -0.3 is 4.74 Å². The molecule has 8 atom stereocenters. The van der Waals surface area contributed by atoms with Gasteiger partial charge in [-0.15, -0.1) is 0 Å². The molecule has 0 N–H and O–H groups in total. The third-order valence-corrected chi connectivity index (χ3v) is 11.8. The summed E-state index contributed by atoms with van der Waals surface area (Å²) in [5, 5.41) is 0. The van der Waals surface area contributed by atoms with E-state index in [2.05, 4.69) is 40.7 Å². The summed E-state index contributed by atoms with van der Waals surface area (Å²) in [4.78, 5) is 37.2. The Kier molecular flexibility index (Phi) is 7.39. The molecule has 1 saturated heterocycles. The number of nitrogens with zero attached hydrogens (tertiary/aromatic N) is 1. The minimum atomic E-state index is -0.761. The van der Waals surface area contributed by atoms with Gasteiger partial charge in [-0.1, -0.05) is 65.5 Å². The van der Waals surface area contributed by atoms with Crippen LogP contribution in [0.2, 0.25) is 0 Å². The molecule has 37 heavy (non-hydrogen) atoms. The first-order chi connectivity index (χ1) is 17.5. The molecule has 5 aliphatic rings. The summed E-state index contributed by atoms with van der Waals surface area (Å²) in [7, 11) is 0. The molecular weight excluding hydrogens is 462 g/mol. The Morgan fingerprint density at radius 3 is 2.43 bits per heavy atom. The second-order valence-electron chi connectivity index (χ2n) is 14.2. The second-order valence-corrected chi connectivity index (χ2v) is 14.2. The van der Waals surface area contributed by atoms with E-state index in [-0.39, 0.29) is 24.4 Å². The predicted molar refractivity (Wildman–Crippen MR) is 144 cm³/mol. The van der Waals surface area contributed by atoms with E-state index in [1.807, 2.05) is 0 Å². The topological polar surface area (TPSA) is 63.7 Å². The third kappa shape index (κ3) is 4.71. The molecule has 5 nitrogen and oxygen atoms in total.